The zero-order valence-electron chi connectivity index (χ0n) is 11.9. The Labute approximate surface area is 131 Å². The van der Waals surface area contributed by atoms with E-state index in [2.05, 4.69) is 36.3 Å². The molecule has 0 amide bonds. The fraction of sp³-hybridized carbons (Fsp3) is 0.615. The smallest absolute Gasteiger partial charge is 0.164 e. The number of anilines is 1. The predicted molar refractivity (Wildman–Crippen MR) is 82.3 cm³/mol. The number of halogens is 1. The standard InChI is InChI=1S/C13H18BrN5O2/c1-19-13-10(11(14)18-19)12(16-8-17-13)15-4-6-20-7-9-3-2-5-21-9/h8-9H,2-7H2,1H3,(H,15,16,17). The molecule has 3 heterocycles. The molecule has 1 unspecified atom stereocenters. The first kappa shape index (κ1) is 14.7. The van der Waals surface area contributed by atoms with Gasteiger partial charge in [-0.3, -0.25) is 0 Å². The van der Waals surface area contributed by atoms with E-state index in [1.165, 1.54) is 6.33 Å². The summed E-state index contributed by atoms with van der Waals surface area (Å²) in [6.07, 6.45) is 4.04. The molecule has 114 valence electrons. The third-order valence-corrected chi connectivity index (χ3v) is 4.00. The van der Waals surface area contributed by atoms with Crippen LogP contribution >= 0.6 is 15.9 Å². The Hall–Kier alpha value is -1.25. The van der Waals surface area contributed by atoms with Crippen molar-refractivity contribution in [3.63, 3.8) is 0 Å². The van der Waals surface area contributed by atoms with Gasteiger partial charge in [-0.05, 0) is 28.8 Å². The van der Waals surface area contributed by atoms with E-state index in [0.717, 1.165) is 40.9 Å². The van der Waals surface area contributed by atoms with Gasteiger partial charge >= 0.3 is 0 Å². The highest BCUT2D eigenvalue weighted by Crippen LogP contribution is 2.26. The molecule has 2 aromatic heterocycles. The number of nitrogens with one attached hydrogen (secondary N) is 1. The third kappa shape index (κ3) is 3.33. The van der Waals surface area contributed by atoms with E-state index in [1.807, 2.05) is 7.05 Å². The number of aryl methyl sites for hydroxylation is 1. The molecular formula is C13H18BrN5O2. The van der Waals surface area contributed by atoms with Crippen LogP contribution in [0.1, 0.15) is 12.8 Å². The normalized spacial score (nSPS) is 18.5. The van der Waals surface area contributed by atoms with E-state index in [0.29, 0.717) is 19.8 Å². The summed E-state index contributed by atoms with van der Waals surface area (Å²) in [6.45, 7) is 2.82. The van der Waals surface area contributed by atoms with E-state index < -0.39 is 0 Å². The summed E-state index contributed by atoms with van der Waals surface area (Å²) in [4.78, 5) is 8.50. The van der Waals surface area contributed by atoms with Crippen molar-refractivity contribution in [3.05, 3.63) is 10.9 Å². The molecule has 1 saturated heterocycles. The van der Waals surface area contributed by atoms with Crippen LogP contribution in [0.2, 0.25) is 0 Å². The summed E-state index contributed by atoms with van der Waals surface area (Å²) in [6, 6.07) is 0. The van der Waals surface area contributed by atoms with E-state index in [1.54, 1.807) is 4.68 Å². The molecule has 1 atom stereocenters. The Balaban J connectivity index is 1.53. The van der Waals surface area contributed by atoms with Gasteiger partial charge in [-0.15, -0.1) is 0 Å². The van der Waals surface area contributed by atoms with Crippen molar-refractivity contribution in [3.8, 4) is 0 Å². The summed E-state index contributed by atoms with van der Waals surface area (Å²) < 4.78 is 13.6. The minimum absolute atomic E-state index is 0.267. The van der Waals surface area contributed by atoms with Gasteiger partial charge < -0.3 is 14.8 Å². The maximum atomic E-state index is 5.62. The lowest BCUT2D eigenvalue weighted by atomic mass is 10.2. The van der Waals surface area contributed by atoms with Gasteiger partial charge in [-0.25, -0.2) is 14.6 Å². The van der Waals surface area contributed by atoms with Crippen LogP contribution in [0.4, 0.5) is 5.82 Å². The third-order valence-electron chi connectivity index (χ3n) is 3.44. The lowest BCUT2D eigenvalue weighted by molar-refractivity contribution is 0.0206. The molecule has 8 heteroatoms. The summed E-state index contributed by atoms with van der Waals surface area (Å²) in [5.41, 5.74) is 0.791. The molecule has 0 aromatic carbocycles. The minimum Gasteiger partial charge on any atom is -0.377 e. The van der Waals surface area contributed by atoms with Gasteiger partial charge in [0.2, 0.25) is 0 Å². The summed E-state index contributed by atoms with van der Waals surface area (Å²) in [7, 11) is 1.86. The quantitative estimate of drug-likeness (QED) is 0.795. The molecule has 2 aromatic rings. The van der Waals surface area contributed by atoms with Crippen molar-refractivity contribution in [2.45, 2.75) is 18.9 Å². The van der Waals surface area contributed by atoms with Gasteiger partial charge in [0.05, 0.1) is 24.7 Å². The molecule has 1 N–H and O–H groups in total. The number of hydrogen-bond donors (Lipinski definition) is 1. The molecule has 0 aliphatic carbocycles. The van der Waals surface area contributed by atoms with E-state index in [-0.39, 0.29) is 6.10 Å². The van der Waals surface area contributed by atoms with E-state index >= 15 is 0 Å². The maximum Gasteiger partial charge on any atom is 0.164 e. The first-order valence-corrected chi connectivity index (χ1v) is 7.81. The molecule has 3 rings (SSSR count). The number of aromatic nitrogens is 4. The first-order chi connectivity index (χ1) is 10.3. The number of hydrogen-bond acceptors (Lipinski definition) is 6. The van der Waals surface area contributed by atoms with Crippen LogP contribution in [0, 0.1) is 0 Å². The molecule has 1 aliphatic heterocycles. The Bertz CT molecular complexity index is 612. The zero-order chi connectivity index (χ0) is 14.7. The molecule has 0 bridgehead atoms. The topological polar surface area (TPSA) is 74.1 Å². The fourth-order valence-corrected chi connectivity index (χ4v) is 3.01. The zero-order valence-corrected chi connectivity index (χ0v) is 13.5. The Morgan fingerprint density at radius 2 is 2.43 bits per heavy atom. The second kappa shape index (κ2) is 6.67. The molecule has 1 aliphatic rings. The van der Waals surface area contributed by atoms with Crippen molar-refractivity contribution < 1.29 is 9.47 Å². The molecule has 0 radical (unpaired) electrons. The summed E-state index contributed by atoms with van der Waals surface area (Å²) in [5, 5.41) is 8.45. The number of nitrogens with zero attached hydrogens (tertiary/aromatic N) is 4. The van der Waals surface area contributed by atoms with Crippen LogP contribution in [0.15, 0.2) is 10.9 Å². The average Bonchev–Trinajstić information content (AvgIpc) is 3.08. The number of ether oxygens (including phenoxy) is 2. The highest BCUT2D eigenvalue weighted by atomic mass is 79.9. The average molecular weight is 356 g/mol. The van der Waals surface area contributed by atoms with Crippen LogP contribution in [-0.2, 0) is 16.5 Å². The second-order valence-electron chi connectivity index (χ2n) is 4.97. The van der Waals surface area contributed by atoms with Crippen LogP contribution < -0.4 is 5.32 Å². The molecular weight excluding hydrogens is 338 g/mol. The molecule has 7 nitrogen and oxygen atoms in total. The molecule has 1 fully saturated rings. The summed E-state index contributed by atoms with van der Waals surface area (Å²) >= 11 is 3.44. The fourth-order valence-electron chi connectivity index (χ4n) is 2.41. The lowest BCUT2D eigenvalue weighted by Gasteiger charge is -2.11. The molecule has 21 heavy (non-hydrogen) atoms. The van der Waals surface area contributed by atoms with Crippen molar-refractivity contribution in [2.75, 3.05) is 31.7 Å². The van der Waals surface area contributed by atoms with E-state index in [4.69, 9.17) is 9.47 Å². The van der Waals surface area contributed by atoms with Crippen molar-refractivity contribution in [1.29, 1.82) is 0 Å². The highest BCUT2D eigenvalue weighted by molar-refractivity contribution is 9.10. The van der Waals surface area contributed by atoms with Gasteiger partial charge in [0.15, 0.2) is 5.65 Å². The van der Waals surface area contributed by atoms with Gasteiger partial charge in [-0.2, -0.15) is 5.10 Å². The molecule has 0 saturated carbocycles. The van der Waals surface area contributed by atoms with Crippen LogP contribution in [-0.4, -0.2) is 52.2 Å². The summed E-state index contributed by atoms with van der Waals surface area (Å²) in [5.74, 6) is 0.765. The van der Waals surface area contributed by atoms with Crippen molar-refractivity contribution in [1.82, 2.24) is 19.7 Å². The van der Waals surface area contributed by atoms with Gasteiger partial charge in [0.25, 0.3) is 0 Å². The van der Waals surface area contributed by atoms with Gasteiger partial charge in [0, 0.05) is 20.2 Å². The maximum absolute atomic E-state index is 5.62. The highest BCUT2D eigenvalue weighted by Gasteiger charge is 2.15. The first-order valence-electron chi connectivity index (χ1n) is 7.02. The van der Waals surface area contributed by atoms with Crippen molar-refractivity contribution >= 4 is 32.8 Å². The Morgan fingerprint density at radius 1 is 1.52 bits per heavy atom. The SMILES string of the molecule is Cn1nc(Br)c2c(NCCOCC3CCCO3)ncnc21. The Kier molecular flexibility index (Phi) is 4.67. The monoisotopic (exact) mass is 355 g/mol. The second-order valence-corrected chi connectivity index (χ2v) is 5.72. The minimum atomic E-state index is 0.267. The van der Waals surface area contributed by atoms with Crippen LogP contribution in [0.5, 0.6) is 0 Å². The van der Waals surface area contributed by atoms with Crippen molar-refractivity contribution in [2.24, 2.45) is 7.05 Å². The molecule has 0 spiro atoms. The predicted octanol–water partition coefficient (Wildman–Crippen LogP) is 1.73. The van der Waals surface area contributed by atoms with Crippen LogP contribution in [0.25, 0.3) is 11.0 Å². The van der Waals surface area contributed by atoms with E-state index in [9.17, 15) is 0 Å². The lowest BCUT2D eigenvalue weighted by Crippen LogP contribution is -2.18. The largest absolute Gasteiger partial charge is 0.377 e. The number of rotatable bonds is 6. The Morgan fingerprint density at radius 3 is 3.24 bits per heavy atom. The van der Waals surface area contributed by atoms with Gasteiger partial charge in [-0.1, -0.05) is 0 Å². The van der Waals surface area contributed by atoms with Gasteiger partial charge in [0.1, 0.15) is 16.7 Å². The van der Waals surface area contributed by atoms with Crippen LogP contribution in [0.3, 0.4) is 0 Å². The number of fused-ring (bicyclic) bond motifs is 1.